The number of rotatable bonds is 5. The maximum Gasteiger partial charge on any atom is 0.264 e. The van der Waals surface area contributed by atoms with Gasteiger partial charge in [0.2, 0.25) is 0 Å². The minimum absolute atomic E-state index is 0.0115. The molecule has 1 aliphatic carbocycles. The van der Waals surface area contributed by atoms with E-state index in [2.05, 4.69) is 28.2 Å². The molecule has 0 heterocycles. The molecule has 1 amide bonds. The molecule has 2 rings (SSSR count). The Bertz CT molecular complexity index is 700. The van der Waals surface area contributed by atoms with Crippen LogP contribution in [0.4, 0.5) is 0 Å². The highest BCUT2D eigenvalue weighted by atomic mass is 79.9. The smallest absolute Gasteiger partial charge is 0.264 e. The fraction of sp³-hybridized carbons (Fsp3) is 0.562. The summed E-state index contributed by atoms with van der Waals surface area (Å²) in [5.41, 5.74) is 0.305. The lowest BCUT2D eigenvalue weighted by atomic mass is 9.87. The number of hydroxylamine groups is 1. The summed E-state index contributed by atoms with van der Waals surface area (Å²) in [6.45, 7) is 2.22. The number of nitrogens with zero attached hydrogens (tertiary/aromatic N) is 1. The van der Waals surface area contributed by atoms with Crippen LogP contribution in [0.5, 0.6) is 0 Å². The molecule has 0 aliphatic heterocycles. The number of nitrogens with one attached hydrogen (secondary N) is 1. The van der Waals surface area contributed by atoms with Gasteiger partial charge in [-0.15, -0.1) is 0 Å². The molecule has 134 valence electrons. The van der Waals surface area contributed by atoms with Gasteiger partial charge in [-0.05, 0) is 65.7 Å². The highest BCUT2D eigenvalue weighted by Crippen LogP contribution is 2.26. The SMILES string of the molecule is CON(C)S(=O)(=O)c1ccc(Br)c(C(=O)NC2CCC(C)CC2)c1. The molecule has 0 aromatic heterocycles. The van der Waals surface area contributed by atoms with Crippen LogP contribution in [0.25, 0.3) is 0 Å². The Kier molecular flexibility index (Phi) is 6.41. The first-order valence-corrected chi connectivity index (χ1v) is 10.1. The van der Waals surface area contributed by atoms with Crippen molar-refractivity contribution in [2.75, 3.05) is 14.2 Å². The van der Waals surface area contributed by atoms with Crippen LogP contribution >= 0.6 is 15.9 Å². The van der Waals surface area contributed by atoms with Crippen molar-refractivity contribution in [3.63, 3.8) is 0 Å². The first-order chi connectivity index (χ1) is 11.3. The molecule has 24 heavy (non-hydrogen) atoms. The van der Waals surface area contributed by atoms with Crippen molar-refractivity contribution in [3.05, 3.63) is 28.2 Å². The number of halogens is 1. The Hall–Kier alpha value is -0.960. The van der Waals surface area contributed by atoms with Gasteiger partial charge in [-0.1, -0.05) is 11.4 Å². The van der Waals surface area contributed by atoms with Gasteiger partial charge in [0, 0.05) is 17.6 Å². The molecule has 1 aromatic carbocycles. The quantitative estimate of drug-likeness (QED) is 0.745. The van der Waals surface area contributed by atoms with E-state index in [1.54, 1.807) is 6.07 Å². The van der Waals surface area contributed by atoms with E-state index >= 15 is 0 Å². The topological polar surface area (TPSA) is 75.7 Å². The molecule has 1 aliphatic rings. The van der Waals surface area contributed by atoms with Gasteiger partial charge in [0.05, 0.1) is 17.6 Å². The predicted octanol–water partition coefficient (Wildman–Crippen LogP) is 2.94. The summed E-state index contributed by atoms with van der Waals surface area (Å²) >= 11 is 3.33. The molecule has 1 N–H and O–H groups in total. The molecule has 6 nitrogen and oxygen atoms in total. The monoisotopic (exact) mass is 418 g/mol. The summed E-state index contributed by atoms with van der Waals surface area (Å²) in [6.07, 6.45) is 4.10. The Morgan fingerprint density at radius 2 is 1.92 bits per heavy atom. The fourth-order valence-electron chi connectivity index (χ4n) is 2.75. The normalized spacial score (nSPS) is 21.7. The zero-order valence-electron chi connectivity index (χ0n) is 14.1. The molecule has 0 atom stereocenters. The van der Waals surface area contributed by atoms with Gasteiger partial charge >= 0.3 is 0 Å². The second kappa shape index (κ2) is 7.95. The van der Waals surface area contributed by atoms with Gasteiger partial charge in [0.25, 0.3) is 15.9 Å². The van der Waals surface area contributed by atoms with Crippen molar-refractivity contribution >= 4 is 31.9 Å². The number of hydrogen-bond acceptors (Lipinski definition) is 4. The summed E-state index contributed by atoms with van der Waals surface area (Å²) < 4.78 is 26.0. The maximum absolute atomic E-state index is 12.6. The molecule has 1 aromatic rings. The van der Waals surface area contributed by atoms with E-state index in [9.17, 15) is 13.2 Å². The maximum atomic E-state index is 12.6. The summed E-state index contributed by atoms with van der Waals surface area (Å²) in [5, 5.41) is 3.01. The third kappa shape index (κ3) is 4.36. The van der Waals surface area contributed by atoms with E-state index < -0.39 is 10.0 Å². The van der Waals surface area contributed by atoms with Crippen LogP contribution in [0.15, 0.2) is 27.6 Å². The van der Waals surface area contributed by atoms with Crippen molar-refractivity contribution in [1.82, 2.24) is 9.79 Å². The predicted molar refractivity (Wildman–Crippen MR) is 95.0 cm³/mol. The summed E-state index contributed by atoms with van der Waals surface area (Å²) in [5.74, 6) is 0.432. The van der Waals surface area contributed by atoms with E-state index in [4.69, 9.17) is 4.84 Å². The molecule has 1 saturated carbocycles. The summed E-state index contributed by atoms with van der Waals surface area (Å²) in [7, 11) is -1.21. The average Bonchev–Trinajstić information content (AvgIpc) is 2.56. The third-order valence-corrected chi connectivity index (χ3v) is 6.79. The van der Waals surface area contributed by atoms with Crippen LogP contribution in [0.1, 0.15) is 43.0 Å². The van der Waals surface area contributed by atoms with Crippen molar-refractivity contribution < 1.29 is 18.0 Å². The minimum atomic E-state index is -3.79. The van der Waals surface area contributed by atoms with Gasteiger partial charge < -0.3 is 5.32 Å². The van der Waals surface area contributed by atoms with Gasteiger partial charge in [0.15, 0.2) is 0 Å². The third-order valence-electron chi connectivity index (χ3n) is 4.43. The zero-order chi connectivity index (χ0) is 17.9. The van der Waals surface area contributed by atoms with E-state index in [1.807, 2.05) is 0 Å². The van der Waals surface area contributed by atoms with Crippen molar-refractivity contribution in [2.24, 2.45) is 5.92 Å². The number of benzene rings is 1. The largest absolute Gasteiger partial charge is 0.349 e. The molecule has 8 heteroatoms. The molecule has 0 unspecified atom stereocenters. The molecule has 0 bridgehead atoms. The summed E-state index contributed by atoms with van der Waals surface area (Å²) in [6, 6.07) is 4.51. The van der Waals surface area contributed by atoms with Crippen LogP contribution in [-0.2, 0) is 14.9 Å². The van der Waals surface area contributed by atoms with Crippen molar-refractivity contribution in [2.45, 2.75) is 43.5 Å². The lowest BCUT2D eigenvalue weighted by Crippen LogP contribution is -2.37. The standard InChI is InChI=1S/C16H23BrN2O4S/c1-11-4-6-12(7-5-11)18-16(20)14-10-13(8-9-15(14)17)24(21,22)19(2)23-3/h8-12H,4-7H2,1-3H3,(H,18,20). The fourth-order valence-corrected chi connectivity index (χ4v) is 4.18. The number of sulfonamides is 1. The van der Waals surface area contributed by atoms with E-state index in [0.717, 1.165) is 30.2 Å². The lowest BCUT2D eigenvalue weighted by molar-refractivity contribution is -0.0258. The molecule has 0 spiro atoms. The van der Waals surface area contributed by atoms with Gasteiger partial charge in [-0.25, -0.2) is 8.42 Å². The van der Waals surface area contributed by atoms with Crippen molar-refractivity contribution in [3.8, 4) is 0 Å². The number of carbonyl (C=O) groups excluding carboxylic acids is 1. The second-order valence-corrected chi connectivity index (χ2v) is 8.96. The highest BCUT2D eigenvalue weighted by molar-refractivity contribution is 9.10. The van der Waals surface area contributed by atoms with Crippen LogP contribution in [-0.4, -0.2) is 39.0 Å². The molecule has 0 saturated heterocycles. The minimum Gasteiger partial charge on any atom is -0.349 e. The van der Waals surface area contributed by atoms with Crippen LogP contribution < -0.4 is 5.32 Å². The van der Waals surface area contributed by atoms with Crippen LogP contribution in [0, 0.1) is 5.92 Å². The second-order valence-electron chi connectivity index (χ2n) is 6.17. The van der Waals surface area contributed by atoms with E-state index in [0.29, 0.717) is 16.0 Å². The molecular formula is C16H23BrN2O4S. The lowest BCUT2D eigenvalue weighted by Gasteiger charge is -2.27. The van der Waals surface area contributed by atoms with E-state index in [-0.39, 0.29) is 16.8 Å². The van der Waals surface area contributed by atoms with Gasteiger partial charge in [-0.3, -0.25) is 9.63 Å². The van der Waals surface area contributed by atoms with Gasteiger partial charge in [0.1, 0.15) is 0 Å². The number of hydrogen-bond donors (Lipinski definition) is 1. The van der Waals surface area contributed by atoms with Crippen LogP contribution in [0.2, 0.25) is 0 Å². The Morgan fingerprint density at radius 1 is 1.29 bits per heavy atom. The molecular weight excluding hydrogens is 396 g/mol. The number of carbonyl (C=O) groups is 1. The Morgan fingerprint density at radius 3 is 2.50 bits per heavy atom. The first-order valence-electron chi connectivity index (χ1n) is 7.89. The van der Waals surface area contributed by atoms with Crippen molar-refractivity contribution in [1.29, 1.82) is 0 Å². The zero-order valence-corrected chi connectivity index (χ0v) is 16.5. The summed E-state index contributed by atoms with van der Waals surface area (Å²) in [4.78, 5) is 17.3. The molecule has 1 fully saturated rings. The number of amides is 1. The molecule has 0 radical (unpaired) electrons. The van der Waals surface area contributed by atoms with Gasteiger partial charge in [-0.2, -0.15) is 0 Å². The highest BCUT2D eigenvalue weighted by Gasteiger charge is 2.25. The Balaban J connectivity index is 2.21. The van der Waals surface area contributed by atoms with Crippen LogP contribution in [0.3, 0.4) is 0 Å². The average molecular weight is 419 g/mol. The Labute approximate surface area is 151 Å². The first kappa shape index (κ1) is 19.4. The van der Waals surface area contributed by atoms with E-state index in [1.165, 1.54) is 26.3 Å².